The second-order valence-electron chi connectivity index (χ2n) is 4.72. The molecule has 1 heterocycles. The molecule has 0 bridgehead atoms. The monoisotopic (exact) mass is 300 g/mol. The topological polar surface area (TPSA) is 82.3 Å². The van der Waals surface area contributed by atoms with Gasteiger partial charge in [-0.25, -0.2) is 0 Å². The van der Waals surface area contributed by atoms with Gasteiger partial charge in [-0.2, -0.15) is 0 Å². The van der Waals surface area contributed by atoms with Gasteiger partial charge in [0.15, 0.2) is 0 Å². The standard InChI is InChI=1S/C16H16N2O4/c1-3-22-16(19)11(2)14-9-13(12-7-5-4-6-8-12)15(10-17-14)18(20)21/h4-11H,3H2,1-2H3. The van der Waals surface area contributed by atoms with E-state index in [4.69, 9.17) is 4.74 Å². The summed E-state index contributed by atoms with van der Waals surface area (Å²) in [7, 11) is 0. The lowest BCUT2D eigenvalue weighted by atomic mass is 10.00. The van der Waals surface area contributed by atoms with Crippen LogP contribution < -0.4 is 0 Å². The Hall–Kier alpha value is -2.76. The molecule has 0 N–H and O–H groups in total. The normalized spacial score (nSPS) is 11.7. The minimum absolute atomic E-state index is 0.0917. The fraction of sp³-hybridized carbons (Fsp3) is 0.250. The van der Waals surface area contributed by atoms with Gasteiger partial charge in [-0.3, -0.25) is 19.9 Å². The maximum Gasteiger partial charge on any atom is 0.314 e. The van der Waals surface area contributed by atoms with Crippen molar-refractivity contribution in [3.63, 3.8) is 0 Å². The van der Waals surface area contributed by atoms with Crippen LogP contribution in [0.2, 0.25) is 0 Å². The van der Waals surface area contributed by atoms with Crippen molar-refractivity contribution >= 4 is 11.7 Å². The predicted octanol–water partition coefficient (Wildman–Crippen LogP) is 3.32. The minimum Gasteiger partial charge on any atom is -0.465 e. The fourth-order valence-electron chi connectivity index (χ4n) is 2.08. The largest absolute Gasteiger partial charge is 0.465 e. The van der Waals surface area contributed by atoms with Gasteiger partial charge < -0.3 is 4.74 Å². The number of rotatable bonds is 5. The molecule has 0 aliphatic carbocycles. The lowest BCUT2D eigenvalue weighted by Crippen LogP contribution is -2.14. The summed E-state index contributed by atoms with van der Waals surface area (Å²) >= 11 is 0. The summed E-state index contributed by atoms with van der Waals surface area (Å²) in [5.74, 6) is -0.980. The quantitative estimate of drug-likeness (QED) is 0.480. The van der Waals surface area contributed by atoms with Crippen molar-refractivity contribution in [2.75, 3.05) is 6.61 Å². The van der Waals surface area contributed by atoms with E-state index in [9.17, 15) is 14.9 Å². The van der Waals surface area contributed by atoms with E-state index in [2.05, 4.69) is 4.98 Å². The fourth-order valence-corrected chi connectivity index (χ4v) is 2.08. The molecule has 2 rings (SSSR count). The molecule has 1 aromatic heterocycles. The number of carbonyl (C=O) groups is 1. The van der Waals surface area contributed by atoms with E-state index in [1.54, 1.807) is 44.2 Å². The molecule has 1 unspecified atom stereocenters. The van der Waals surface area contributed by atoms with Crippen molar-refractivity contribution in [1.82, 2.24) is 4.98 Å². The van der Waals surface area contributed by atoms with Crippen LogP contribution in [0.5, 0.6) is 0 Å². The highest BCUT2D eigenvalue weighted by Gasteiger charge is 2.23. The lowest BCUT2D eigenvalue weighted by Gasteiger charge is -2.11. The Morgan fingerprint density at radius 2 is 2.05 bits per heavy atom. The average molecular weight is 300 g/mol. The highest BCUT2D eigenvalue weighted by atomic mass is 16.6. The molecule has 0 amide bonds. The van der Waals surface area contributed by atoms with Crippen LogP contribution in [0.4, 0.5) is 5.69 Å². The van der Waals surface area contributed by atoms with Gasteiger partial charge in [0.1, 0.15) is 6.20 Å². The predicted molar refractivity (Wildman–Crippen MR) is 81.4 cm³/mol. The number of aromatic nitrogens is 1. The molecule has 0 spiro atoms. The molecular weight excluding hydrogens is 284 g/mol. The van der Waals surface area contributed by atoms with Crippen molar-refractivity contribution in [3.8, 4) is 11.1 Å². The van der Waals surface area contributed by atoms with E-state index in [0.717, 1.165) is 0 Å². The first kappa shape index (κ1) is 15.6. The molecule has 22 heavy (non-hydrogen) atoms. The molecular formula is C16H16N2O4. The van der Waals surface area contributed by atoms with Crippen LogP contribution in [0.1, 0.15) is 25.5 Å². The Morgan fingerprint density at radius 1 is 1.36 bits per heavy atom. The first-order chi connectivity index (χ1) is 10.5. The number of hydrogen-bond acceptors (Lipinski definition) is 5. The zero-order valence-corrected chi connectivity index (χ0v) is 12.4. The molecule has 0 fully saturated rings. The van der Waals surface area contributed by atoms with Gasteiger partial charge >= 0.3 is 5.97 Å². The summed E-state index contributed by atoms with van der Waals surface area (Å²) in [6, 6.07) is 10.6. The van der Waals surface area contributed by atoms with E-state index in [-0.39, 0.29) is 12.3 Å². The zero-order chi connectivity index (χ0) is 16.1. The molecule has 0 aliphatic rings. The number of nitrogens with zero attached hydrogens (tertiary/aromatic N) is 2. The van der Waals surface area contributed by atoms with Crippen molar-refractivity contribution < 1.29 is 14.5 Å². The third-order valence-corrected chi connectivity index (χ3v) is 3.27. The maximum atomic E-state index is 11.8. The third-order valence-electron chi connectivity index (χ3n) is 3.27. The molecule has 0 aliphatic heterocycles. The SMILES string of the molecule is CCOC(=O)C(C)c1cc(-c2ccccc2)c([N+](=O)[O-])cn1. The molecule has 1 aromatic carbocycles. The Morgan fingerprint density at radius 3 is 2.64 bits per heavy atom. The van der Waals surface area contributed by atoms with Gasteiger partial charge in [0, 0.05) is 0 Å². The van der Waals surface area contributed by atoms with Crippen molar-refractivity contribution in [2.24, 2.45) is 0 Å². The number of carbonyl (C=O) groups excluding carboxylic acids is 1. The second-order valence-corrected chi connectivity index (χ2v) is 4.72. The van der Waals surface area contributed by atoms with Crippen molar-refractivity contribution in [3.05, 3.63) is 58.4 Å². The number of esters is 1. The molecule has 2 aromatic rings. The number of pyridine rings is 1. The molecule has 0 saturated heterocycles. The number of benzene rings is 1. The van der Waals surface area contributed by atoms with E-state index in [1.165, 1.54) is 6.20 Å². The number of hydrogen-bond donors (Lipinski definition) is 0. The van der Waals surface area contributed by atoms with Crippen molar-refractivity contribution in [1.29, 1.82) is 0 Å². The van der Waals surface area contributed by atoms with E-state index in [1.807, 2.05) is 6.07 Å². The molecule has 1 atom stereocenters. The zero-order valence-electron chi connectivity index (χ0n) is 12.4. The van der Waals surface area contributed by atoms with Gasteiger partial charge in [0.2, 0.25) is 0 Å². The molecule has 114 valence electrons. The Balaban J connectivity index is 2.48. The van der Waals surface area contributed by atoms with Crippen LogP contribution in [0, 0.1) is 10.1 Å². The summed E-state index contributed by atoms with van der Waals surface area (Å²) in [6.45, 7) is 3.67. The first-order valence-electron chi connectivity index (χ1n) is 6.91. The smallest absolute Gasteiger partial charge is 0.314 e. The van der Waals surface area contributed by atoms with Crippen LogP contribution in [0.25, 0.3) is 11.1 Å². The van der Waals surface area contributed by atoms with Gasteiger partial charge in [0.05, 0.1) is 28.7 Å². The Labute approximate surface area is 127 Å². The van der Waals surface area contributed by atoms with Crippen LogP contribution in [0.3, 0.4) is 0 Å². The van der Waals surface area contributed by atoms with Crippen molar-refractivity contribution in [2.45, 2.75) is 19.8 Å². The summed E-state index contributed by atoms with van der Waals surface area (Å²) in [5.41, 5.74) is 1.49. The Kier molecular flexibility index (Phi) is 4.83. The first-order valence-corrected chi connectivity index (χ1v) is 6.91. The van der Waals surface area contributed by atoms with Crippen LogP contribution in [0.15, 0.2) is 42.6 Å². The van der Waals surface area contributed by atoms with Gasteiger partial charge in [-0.1, -0.05) is 30.3 Å². The third kappa shape index (κ3) is 3.28. The highest BCUT2D eigenvalue weighted by Crippen LogP contribution is 2.31. The van der Waals surface area contributed by atoms with Crippen LogP contribution in [-0.4, -0.2) is 22.5 Å². The van der Waals surface area contributed by atoms with Gasteiger partial charge in [-0.05, 0) is 25.5 Å². The number of nitro groups is 1. The number of ether oxygens (including phenoxy) is 1. The second kappa shape index (κ2) is 6.80. The van der Waals surface area contributed by atoms with E-state index in [0.29, 0.717) is 16.8 Å². The molecule has 0 saturated carbocycles. The maximum absolute atomic E-state index is 11.8. The molecule has 6 heteroatoms. The van der Waals surface area contributed by atoms with E-state index < -0.39 is 16.8 Å². The van der Waals surface area contributed by atoms with Gasteiger partial charge in [-0.15, -0.1) is 0 Å². The van der Waals surface area contributed by atoms with Crippen LogP contribution >= 0.6 is 0 Å². The molecule has 6 nitrogen and oxygen atoms in total. The lowest BCUT2D eigenvalue weighted by molar-refractivity contribution is -0.384. The van der Waals surface area contributed by atoms with Crippen LogP contribution in [-0.2, 0) is 9.53 Å². The summed E-state index contributed by atoms with van der Waals surface area (Å²) in [5, 5.41) is 11.2. The minimum atomic E-state index is -0.580. The highest BCUT2D eigenvalue weighted by molar-refractivity contribution is 5.79. The summed E-state index contributed by atoms with van der Waals surface area (Å²) < 4.78 is 4.97. The summed E-state index contributed by atoms with van der Waals surface area (Å²) in [4.78, 5) is 26.6. The Bertz CT molecular complexity index is 686. The van der Waals surface area contributed by atoms with Gasteiger partial charge in [0.25, 0.3) is 5.69 Å². The van der Waals surface area contributed by atoms with E-state index >= 15 is 0 Å². The average Bonchev–Trinajstić information content (AvgIpc) is 2.54. The molecule has 0 radical (unpaired) electrons. The summed E-state index contributed by atoms with van der Waals surface area (Å²) in [6.07, 6.45) is 1.19.